The van der Waals surface area contributed by atoms with E-state index >= 15 is 0 Å². The molecule has 3 N–H and O–H groups in total. The molecule has 0 aromatic rings. The molecule has 1 unspecified atom stereocenters. The van der Waals surface area contributed by atoms with Gasteiger partial charge in [0, 0.05) is 26.4 Å². The van der Waals surface area contributed by atoms with Gasteiger partial charge in [0.05, 0.1) is 6.61 Å². The van der Waals surface area contributed by atoms with E-state index in [2.05, 4.69) is 5.32 Å². The highest BCUT2D eigenvalue weighted by atomic mass is 16.5. The van der Waals surface area contributed by atoms with Crippen molar-refractivity contribution in [3.05, 3.63) is 0 Å². The van der Waals surface area contributed by atoms with Crippen LogP contribution in [0.2, 0.25) is 0 Å². The van der Waals surface area contributed by atoms with Crippen molar-refractivity contribution in [1.82, 2.24) is 5.32 Å². The summed E-state index contributed by atoms with van der Waals surface area (Å²) in [6.45, 7) is 3.13. The first kappa shape index (κ1) is 12.8. The lowest BCUT2D eigenvalue weighted by molar-refractivity contribution is -0.126. The van der Waals surface area contributed by atoms with Gasteiger partial charge in [0.15, 0.2) is 0 Å². The Bertz CT molecular complexity index is 260. The Hall–Kier alpha value is -0.650. The average molecular weight is 242 g/mol. The normalized spacial score (nSPS) is 28.3. The van der Waals surface area contributed by atoms with Crippen molar-refractivity contribution >= 4 is 5.91 Å². The molecule has 1 heterocycles. The molecule has 0 aromatic carbocycles. The molecule has 2 rings (SSSR count). The maximum absolute atomic E-state index is 11.8. The molecule has 1 aliphatic carbocycles. The number of nitrogens with one attached hydrogen (secondary N) is 1. The van der Waals surface area contributed by atoms with Gasteiger partial charge in [0.2, 0.25) is 5.91 Å². The lowest BCUT2D eigenvalue weighted by Crippen LogP contribution is -2.54. The van der Waals surface area contributed by atoms with Gasteiger partial charge in [-0.05, 0) is 31.6 Å². The molecule has 0 radical (unpaired) electrons. The van der Waals surface area contributed by atoms with Gasteiger partial charge < -0.3 is 20.5 Å². The number of carbonyl (C=O) groups is 1. The first-order valence-corrected chi connectivity index (χ1v) is 6.43. The zero-order valence-corrected chi connectivity index (χ0v) is 10.2. The molecule has 5 nitrogen and oxygen atoms in total. The van der Waals surface area contributed by atoms with Gasteiger partial charge in [-0.15, -0.1) is 0 Å². The number of carbonyl (C=O) groups excluding carboxylic acids is 1. The largest absolute Gasteiger partial charge is 0.381 e. The monoisotopic (exact) mass is 242 g/mol. The second-order valence-electron chi connectivity index (χ2n) is 5.09. The quantitative estimate of drug-likeness (QED) is 0.618. The summed E-state index contributed by atoms with van der Waals surface area (Å²) in [6.07, 6.45) is 4.07. The minimum atomic E-state index is -0.811. The summed E-state index contributed by atoms with van der Waals surface area (Å²) in [6, 6.07) is 0. The number of hydrogen-bond donors (Lipinski definition) is 2. The Morgan fingerprint density at radius 2 is 2.35 bits per heavy atom. The predicted molar refractivity (Wildman–Crippen MR) is 63.5 cm³/mol. The smallest absolute Gasteiger partial charge is 0.242 e. The Morgan fingerprint density at radius 3 is 3.00 bits per heavy atom. The van der Waals surface area contributed by atoms with Gasteiger partial charge in [-0.25, -0.2) is 0 Å². The summed E-state index contributed by atoms with van der Waals surface area (Å²) in [7, 11) is 0. The summed E-state index contributed by atoms with van der Waals surface area (Å²) in [5.74, 6) is 0.699. The van der Waals surface area contributed by atoms with Crippen LogP contribution in [-0.2, 0) is 14.3 Å². The maximum Gasteiger partial charge on any atom is 0.242 e. The van der Waals surface area contributed by atoms with Crippen LogP contribution in [0, 0.1) is 5.92 Å². The summed E-state index contributed by atoms with van der Waals surface area (Å²) in [4.78, 5) is 11.8. The van der Waals surface area contributed by atoms with Crippen LogP contribution < -0.4 is 11.1 Å². The van der Waals surface area contributed by atoms with Gasteiger partial charge in [-0.1, -0.05) is 0 Å². The van der Waals surface area contributed by atoms with Crippen molar-refractivity contribution in [2.75, 3.05) is 33.0 Å². The van der Waals surface area contributed by atoms with E-state index in [0.29, 0.717) is 32.8 Å². The lowest BCUT2D eigenvalue weighted by atomic mass is 9.99. The molecular formula is C12H22N2O3. The highest BCUT2D eigenvalue weighted by Gasteiger charge is 2.37. The lowest BCUT2D eigenvalue weighted by Gasteiger charge is -2.20. The number of ether oxygens (including phenoxy) is 2. The van der Waals surface area contributed by atoms with Crippen LogP contribution in [0.3, 0.4) is 0 Å². The van der Waals surface area contributed by atoms with Crippen molar-refractivity contribution in [3.63, 3.8) is 0 Å². The van der Waals surface area contributed by atoms with Crippen LogP contribution in [-0.4, -0.2) is 44.4 Å². The first-order chi connectivity index (χ1) is 8.21. The molecule has 1 atom stereocenters. The maximum atomic E-state index is 11.8. The van der Waals surface area contributed by atoms with Crippen LogP contribution in [0.5, 0.6) is 0 Å². The van der Waals surface area contributed by atoms with Gasteiger partial charge >= 0.3 is 0 Å². The van der Waals surface area contributed by atoms with E-state index < -0.39 is 5.54 Å². The van der Waals surface area contributed by atoms with Gasteiger partial charge in [-0.3, -0.25) is 4.79 Å². The standard InChI is InChI=1S/C12H22N2O3/c13-12(4-7-17-9-12)11(15)14-5-1-6-16-8-10-2-3-10/h10H,1-9,13H2,(H,14,15). The summed E-state index contributed by atoms with van der Waals surface area (Å²) in [5.41, 5.74) is 5.11. The minimum Gasteiger partial charge on any atom is -0.381 e. The van der Waals surface area contributed by atoms with Crippen molar-refractivity contribution < 1.29 is 14.3 Å². The molecule has 98 valence electrons. The Balaban J connectivity index is 1.50. The fourth-order valence-electron chi connectivity index (χ4n) is 1.85. The van der Waals surface area contributed by atoms with E-state index in [1.165, 1.54) is 12.8 Å². The number of nitrogens with two attached hydrogens (primary N) is 1. The zero-order valence-electron chi connectivity index (χ0n) is 10.2. The minimum absolute atomic E-state index is 0.0998. The number of amides is 1. The molecule has 5 heteroatoms. The third kappa shape index (κ3) is 3.94. The highest BCUT2D eigenvalue weighted by molar-refractivity contribution is 5.86. The number of hydrogen-bond acceptors (Lipinski definition) is 4. The highest BCUT2D eigenvalue weighted by Crippen LogP contribution is 2.28. The molecule has 17 heavy (non-hydrogen) atoms. The van der Waals surface area contributed by atoms with Crippen LogP contribution in [0.15, 0.2) is 0 Å². The van der Waals surface area contributed by atoms with Gasteiger partial charge in [0.1, 0.15) is 5.54 Å². The second kappa shape index (κ2) is 5.80. The molecule has 0 spiro atoms. The third-order valence-corrected chi connectivity index (χ3v) is 3.31. The van der Waals surface area contributed by atoms with E-state index in [0.717, 1.165) is 18.9 Å². The molecule has 0 aromatic heterocycles. The topological polar surface area (TPSA) is 73.6 Å². The van der Waals surface area contributed by atoms with Crippen LogP contribution in [0.4, 0.5) is 0 Å². The van der Waals surface area contributed by atoms with Crippen molar-refractivity contribution in [1.29, 1.82) is 0 Å². The Labute approximate surface area is 102 Å². The van der Waals surface area contributed by atoms with Crippen molar-refractivity contribution in [2.24, 2.45) is 11.7 Å². The molecule has 2 fully saturated rings. The van der Waals surface area contributed by atoms with Crippen molar-refractivity contribution in [3.8, 4) is 0 Å². The SMILES string of the molecule is NC1(C(=O)NCCCOCC2CC2)CCOC1. The Morgan fingerprint density at radius 1 is 1.53 bits per heavy atom. The first-order valence-electron chi connectivity index (χ1n) is 6.43. The summed E-state index contributed by atoms with van der Waals surface area (Å²) >= 11 is 0. The fraction of sp³-hybridized carbons (Fsp3) is 0.917. The molecule has 1 amide bonds. The van der Waals surface area contributed by atoms with Gasteiger partial charge in [0.25, 0.3) is 0 Å². The fourth-order valence-corrected chi connectivity index (χ4v) is 1.85. The molecule has 1 aliphatic heterocycles. The zero-order chi connectivity index (χ0) is 12.1. The van der Waals surface area contributed by atoms with Crippen molar-refractivity contribution in [2.45, 2.75) is 31.2 Å². The third-order valence-electron chi connectivity index (χ3n) is 3.31. The predicted octanol–water partition coefficient (Wildman–Crippen LogP) is 0.0371. The van der Waals surface area contributed by atoms with Crippen LogP contribution in [0.1, 0.15) is 25.7 Å². The van der Waals surface area contributed by atoms with Crippen LogP contribution >= 0.6 is 0 Å². The van der Waals surface area contributed by atoms with E-state index in [-0.39, 0.29) is 5.91 Å². The average Bonchev–Trinajstić information content (AvgIpc) is 3.04. The molecule has 2 aliphatic rings. The molecular weight excluding hydrogens is 220 g/mol. The van der Waals surface area contributed by atoms with E-state index in [1.54, 1.807) is 0 Å². The van der Waals surface area contributed by atoms with E-state index in [4.69, 9.17) is 15.2 Å². The summed E-state index contributed by atoms with van der Waals surface area (Å²) < 4.78 is 10.6. The second-order valence-corrected chi connectivity index (χ2v) is 5.09. The Kier molecular flexibility index (Phi) is 4.36. The van der Waals surface area contributed by atoms with Gasteiger partial charge in [-0.2, -0.15) is 0 Å². The van der Waals surface area contributed by atoms with Crippen LogP contribution in [0.25, 0.3) is 0 Å². The summed E-state index contributed by atoms with van der Waals surface area (Å²) in [5, 5.41) is 2.84. The van der Waals surface area contributed by atoms with E-state index in [9.17, 15) is 4.79 Å². The number of rotatable bonds is 7. The van der Waals surface area contributed by atoms with E-state index in [1.807, 2.05) is 0 Å². The molecule has 0 bridgehead atoms. The molecule has 1 saturated heterocycles. The molecule has 1 saturated carbocycles.